The van der Waals surface area contributed by atoms with Crippen molar-refractivity contribution < 1.29 is 14.7 Å². The monoisotopic (exact) mass is 256 g/mol. The molecule has 0 bridgehead atoms. The fourth-order valence-corrected chi connectivity index (χ4v) is 2.34. The van der Waals surface area contributed by atoms with E-state index in [2.05, 4.69) is 17.6 Å². The second kappa shape index (κ2) is 7.36. The van der Waals surface area contributed by atoms with Crippen LogP contribution in [0.25, 0.3) is 0 Å². The third-order valence-electron chi connectivity index (χ3n) is 3.55. The van der Waals surface area contributed by atoms with E-state index in [0.29, 0.717) is 12.5 Å². The van der Waals surface area contributed by atoms with Crippen molar-refractivity contribution in [2.45, 2.75) is 45.6 Å². The van der Waals surface area contributed by atoms with E-state index in [1.165, 1.54) is 0 Å². The summed E-state index contributed by atoms with van der Waals surface area (Å²) >= 11 is 0. The van der Waals surface area contributed by atoms with Gasteiger partial charge < -0.3 is 15.7 Å². The standard InChI is InChI=1S/C13H24N2O3/c1-3-10-4-5-14-11(7-10)13(18)15-8-9(2)6-12(16)17/h9-11,14H,3-8H2,1-2H3,(H,15,18)(H,16,17). The van der Waals surface area contributed by atoms with Crippen LogP contribution in [0.2, 0.25) is 0 Å². The molecule has 5 heteroatoms. The summed E-state index contributed by atoms with van der Waals surface area (Å²) < 4.78 is 0. The summed E-state index contributed by atoms with van der Waals surface area (Å²) in [7, 11) is 0. The SMILES string of the molecule is CCC1CCNC(C(=O)NCC(C)CC(=O)O)C1. The molecule has 1 amide bonds. The molecule has 1 aliphatic heterocycles. The summed E-state index contributed by atoms with van der Waals surface area (Å²) in [6, 6.07) is -0.110. The highest BCUT2D eigenvalue weighted by Gasteiger charge is 2.25. The summed E-state index contributed by atoms with van der Waals surface area (Å²) in [6.07, 6.45) is 3.22. The van der Waals surface area contributed by atoms with Gasteiger partial charge in [0, 0.05) is 13.0 Å². The van der Waals surface area contributed by atoms with Gasteiger partial charge in [-0.1, -0.05) is 20.3 Å². The topological polar surface area (TPSA) is 78.4 Å². The molecule has 104 valence electrons. The van der Waals surface area contributed by atoms with Crippen LogP contribution in [-0.4, -0.2) is 36.1 Å². The van der Waals surface area contributed by atoms with E-state index in [0.717, 1.165) is 25.8 Å². The molecule has 0 radical (unpaired) electrons. The maximum atomic E-state index is 11.9. The molecule has 1 saturated heterocycles. The summed E-state index contributed by atoms with van der Waals surface area (Å²) in [5.41, 5.74) is 0. The minimum atomic E-state index is -0.821. The van der Waals surface area contributed by atoms with E-state index in [9.17, 15) is 9.59 Å². The highest BCUT2D eigenvalue weighted by molar-refractivity contribution is 5.81. The first-order valence-corrected chi connectivity index (χ1v) is 6.75. The highest BCUT2D eigenvalue weighted by atomic mass is 16.4. The molecule has 1 fully saturated rings. The molecule has 0 aromatic carbocycles. The van der Waals surface area contributed by atoms with Gasteiger partial charge in [0.15, 0.2) is 0 Å². The lowest BCUT2D eigenvalue weighted by Crippen LogP contribution is -2.49. The van der Waals surface area contributed by atoms with Crippen LogP contribution in [0.1, 0.15) is 39.5 Å². The second-order valence-corrected chi connectivity index (χ2v) is 5.25. The predicted molar refractivity (Wildman–Crippen MR) is 69.2 cm³/mol. The van der Waals surface area contributed by atoms with Gasteiger partial charge in [0.05, 0.1) is 6.04 Å². The Hall–Kier alpha value is -1.10. The van der Waals surface area contributed by atoms with Gasteiger partial charge >= 0.3 is 5.97 Å². The van der Waals surface area contributed by atoms with Crippen molar-refractivity contribution in [2.75, 3.05) is 13.1 Å². The fourth-order valence-electron chi connectivity index (χ4n) is 2.34. The number of hydrogen-bond acceptors (Lipinski definition) is 3. The Morgan fingerprint density at radius 1 is 1.50 bits per heavy atom. The third-order valence-corrected chi connectivity index (χ3v) is 3.55. The molecule has 0 aromatic rings. The van der Waals surface area contributed by atoms with Crippen LogP contribution in [0, 0.1) is 11.8 Å². The van der Waals surface area contributed by atoms with Gasteiger partial charge in [-0.25, -0.2) is 0 Å². The smallest absolute Gasteiger partial charge is 0.303 e. The molecule has 1 aliphatic rings. The first-order valence-electron chi connectivity index (χ1n) is 6.75. The number of amides is 1. The highest BCUT2D eigenvalue weighted by Crippen LogP contribution is 2.19. The molecule has 3 N–H and O–H groups in total. The summed E-state index contributed by atoms with van der Waals surface area (Å²) in [4.78, 5) is 22.4. The van der Waals surface area contributed by atoms with Crippen LogP contribution < -0.4 is 10.6 Å². The van der Waals surface area contributed by atoms with E-state index in [1.807, 2.05) is 6.92 Å². The number of aliphatic carboxylic acids is 1. The van der Waals surface area contributed by atoms with Crippen LogP contribution in [0.3, 0.4) is 0 Å². The zero-order valence-corrected chi connectivity index (χ0v) is 11.2. The van der Waals surface area contributed by atoms with Gasteiger partial charge in [-0.05, 0) is 31.2 Å². The second-order valence-electron chi connectivity index (χ2n) is 5.25. The predicted octanol–water partition coefficient (Wildman–Crippen LogP) is 0.992. The number of rotatable bonds is 6. The third kappa shape index (κ3) is 5.04. The number of carbonyl (C=O) groups is 2. The van der Waals surface area contributed by atoms with E-state index in [1.54, 1.807) is 0 Å². The van der Waals surface area contributed by atoms with Gasteiger partial charge in [-0.15, -0.1) is 0 Å². The Morgan fingerprint density at radius 2 is 2.22 bits per heavy atom. The summed E-state index contributed by atoms with van der Waals surface area (Å²) in [5, 5.41) is 14.7. The Kier molecular flexibility index (Phi) is 6.12. The minimum Gasteiger partial charge on any atom is -0.481 e. The number of piperidine rings is 1. The van der Waals surface area contributed by atoms with Crippen molar-refractivity contribution in [3.05, 3.63) is 0 Å². The average molecular weight is 256 g/mol. The van der Waals surface area contributed by atoms with E-state index < -0.39 is 5.97 Å². The number of carboxylic acid groups (broad SMARTS) is 1. The largest absolute Gasteiger partial charge is 0.481 e. The molecule has 0 aliphatic carbocycles. The van der Waals surface area contributed by atoms with Gasteiger partial charge in [0.25, 0.3) is 0 Å². The van der Waals surface area contributed by atoms with Crippen LogP contribution in [0.15, 0.2) is 0 Å². The maximum absolute atomic E-state index is 11.9. The minimum absolute atomic E-state index is 0.00499. The normalized spacial score (nSPS) is 25.4. The van der Waals surface area contributed by atoms with E-state index in [4.69, 9.17) is 5.11 Å². The molecule has 1 rings (SSSR count). The quantitative estimate of drug-likeness (QED) is 0.662. The summed E-state index contributed by atoms with van der Waals surface area (Å²) in [6.45, 7) is 5.30. The molecule has 18 heavy (non-hydrogen) atoms. The van der Waals surface area contributed by atoms with E-state index >= 15 is 0 Å². The van der Waals surface area contributed by atoms with Crippen molar-refractivity contribution in [1.82, 2.24) is 10.6 Å². The summed E-state index contributed by atoms with van der Waals surface area (Å²) in [5.74, 6) is -0.223. The molecular weight excluding hydrogens is 232 g/mol. The molecule has 3 atom stereocenters. The van der Waals surface area contributed by atoms with Gasteiger partial charge in [-0.2, -0.15) is 0 Å². The molecular formula is C13H24N2O3. The molecule has 5 nitrogen and oxygen atoms in total. The van der Waals surface area contributed by atoms with Crippen molar-refractivity contribution >= 4 is 11.9 Å². The average Bonchev–Trinajstić information content (AvgIpc) is 2.35. The van der Waals surface area contributed by atoms with E-state index in [-0.39, 0.29) is 24.3 Å². The zero-order chi connectivity index (χ0) is 13.5. The van der Waals surface area contributed by atoms with Crippen molar-refractivity contribution in [1.29, 1.82) is 0 Å². The number of nitrogens with one attached hydrogen (secondary N) is 2. The Labute approximate surface area is 108 Å². The lowest BCUT2D eigenvalue weighted by Gasteiger charge is -2.29. The molecule has 1 heterocycles. The molecule has 3 unspecified atom stereocenters. The molecule has 0 spiro atoms. The lowest BCUT2D eigenvalue weighted by atomic mass is 9.90. The number of carboxylic acids is 1. The maximum Gasteiger partial charge on any atom is 0.303 e. The first-order chi connectivity index (χ1) is 8.52. The Balaban J connectivity index is 2.29. The number of carbonyl (C=O) groups excluding carboxylic acids is 1. The molecule has 0 aromatic heterocycles. The first kappa shape index (κ1) is 15.0. The van der Waals surface area contributed by atoms with Crippen molar-refractivity contribution in [3.8, 4) is 0 Å². The van der Waals surface area contributed by atoms with Gasteiger partial charge in [0.2, 0.25) is 5.91 Å². The number of hydrogen-bond donors (Lipinski definition) is 3. The lowest BCUT2D eigenvalue weighted by molar-refractivity contribution is -0.138. The van der Waals surface area contributed by atoms with Crippen LogP contribution in [0.5, 0.6) is 0 Å². The van der Waals surface area contributed by atoms with Crippen molar-refractivity contribution in [2.24, 2.45) is 11.8 Å². The Bertz CT molecular complexity index is 294. The molecule has 0 saturated carbocycles. The van der Waals surface area contributed by atoms with Gasteiger partial charge in [0.1, 0.15) is 0 Å². The Morgan fingerprint density at radius 3 is 2.83 bits per heavy atom. The van der Waals surface area contributed by atoms with Gasteiger partial charge in [-0.3, -0.25) is 9.59 Å². The van der Waals surface area contributed by atoms with Crippen LogP contribution >= 0.6 is 0 Å². The zero-order valence-electron chi connectivity index (χ0n) is 11.2. The fraction of sp³-hybridized carbons (Fsp3) is 0.846. The van der Waals surface area contributed by atoms with Crippen LogP contribution in [-0.2, 0) is 9.59 Å². The van der Waals surface area contributed by atoms with Crippen molar-refractivity contribution in [3.63, 3.8) is 0 Å². The van der Waals surface area contributed by atoms with Crippen LogP contribution in [0.4, 0.5) is 0 Å².